The van der Waals surface area contributed by atoms with E-state index in [9.17, 15) is 31.2 Å². The number of nitrogens with zero attached hydrogens (tertiary/aromatic N) is 2. The average molecular weight is 651 g/mol. The number of carbonyl (C=O) groups is 1. The molecule has 4 aromatic carbocycles. The molecule has 0 unspecified atom stereocenters. The first-order valence-electron chi connectivity index (χ1n) is 14.0. The number of aromatic nitrogens is 2. The zero-order valence-electron chi connectivity index (χ0n) is 23.8. The van der Waals surface area contributed by atoms with Gasteiger partial charge in [-0.25, -0.2) is 13.2 Å². The van der Waals surface area contributed by atoms with Crippen LogP contribution in [-0.4, -0.2) is 43.7 Å². The summed E-state index contributed by atoms with van der Waals surface area (Å²) in [7, 11) is -4.25. The van der Waals surface area contributed by atoms with Crippen LogP contribution in [0, 0.1) is 0 Å². The molecule has 1 aromatic heterocycles. The van der Waals surface area contributed by atoms with Gasteiger partial charge in [0.2, 0.25) is 5.91 Å². The summed E-state index contributed by atoms with van der Waals surface area (Å²) >= 11 is 0. The predicted octanol–water partition coefficient (Wildman–Crippen LogP) is 5.03. The first kappa shape index (κ1) is 30.6. The molecule has 0 fully saturated rings. The Morgan fingerprint density at radius 2 is 1.67 bits per heavy atom. The van der Waals surface area contributed by atoms with Crippen molar-refractivity contribution < 1.29 is 35.6 Å². The molecular weight excluding hydrogens is 625 g/mol. The SMILES string of the molecule is O=C(NCCOc1ccc(-c2noc(=O)[nH]2)cc1)[C@@H]1Cc2ccccc2N1S(=O)(=O)c1ccc(-c2cccc(C(F)(F)F)c2)cc1. The van der Waals surface area contributed by atoms with Gasteiger partial charge in [-0.05, 0) is 71.3 Å². The van der Waals surface area contributed by atoms with Crippen molar-refractivity contribution in [2.75, 3.05) is 17.5 Å². The Labute approximate surface area is 260 Å². The minimum absolute atomic E-state index is 0.0869. The Morgan fingerprint density at radius 3 is 2.37 bits per heavy atom. The van der Waals surface area contributed by atoms with Gasteiger partial charge >= 0.3 is 11.9 Å². The summed E-state index contributed by atoms with van der Waals surface area (Å²) in [5, 5.41) is 6.37. The van der Waals surface area contributed by atoms with E-state index in [2.05, 4.69) is 20.0 Å². The minimum atomic E-state index is -4.52. The van der Waals surface area contributed by atoms with Crippen molar-refractivity contribution in [1.29, 1.82) is 0 Å². The van der Waals surface area contributed by atoms with Gasteiger partial charge in [-0.2, -0.15) is 13.2 Å². The number of rotatable bonds is 9. The highest BCUT2D eigenvalue weighted by atomic mass is 32.2. The number of sulfonamides is 1. The molecule has 14 heteroatoms. The van der Waals surface area contributed by atoms with Gasteiger partial charge in [0.15, 0.2) is 5.82 Å². The number of amides is 1. The number of fused-ring (bicyclic) bond motifs is 1. The van der Waals surface area contributed by atoms with Crippen LogP contribution in [-0.2, 0) is 27.4 Å². The zero-order valence-corrected chi connectivity index (χ0v) is 24.6. The topological polar surface area (TPSA) is 135 Å². The van der Waals surface area contributed by atoms with Gasteiger partial charge < -0.3 is 10.1 Å². The molecule has 1 aliphatic heterocycles. The third-order valence-corrected chi connectivity index (χ3v) is 9.24. The molecule has 46 heavy (non-hydrogen) atoms. The normalized spacial score (nSPS) is 14.6. The number of benzene rings is 4. The lowest BCUT2D eigenvalue weighted by Gasteiger charge is -2.26. The Bertz CT molecular complexity index is 2040. The fraction of sp³-hybridized carbons (Fsp3) is 0.156. The smallest absolute Gasteiger partial charge is 0.439 e. The van der Waals surface area contributed by atoms with E-state index in [1.54, 1.807) is 48.5 Å². The minimum Gasteiger partial charge on any atom is -0.492 e. The largest absolute Gasteiger partial charge is 0.492 e. The number of hydrogen-bond acceptors (Lipinski definition) is 7. The standard InChI is InChI=1S/C32H25F3N4O6S/c33-32(34,35)24-6-3-5-22(18-24)20-10-14-26(15-11-20)46(42,43)39-27-7-2-1-4-23(27)19-28(39)30(40)36-16-17-44-25-12-8-21(9-13-25)29-37-31(41)45-38-29/h1-15,18,28H,16-17,19H2,(H,36,40)(H,37,38,41)/t28-/m0/s1. The molecule has 5 aromatic rings. The number of halogens is 3. The van der Waals surface area contributed by atoms with Crippen LogP contribution in [0.2, 0.25) is 0 Å². The van der Waals surface area contributed by atoms with E-state index in [0.717, 1.165) is 16.4 Å². The molecule has 1 atom stereocenters. The first-order chi connectivity index (χ1) is 22.0. The quantitative estimate of drug-likeness (QED) is 0.214. The molecule has 0 bridgehead atoms. The fourth-order valence-electron chi connectivity index (χ4n) is 5.19. The second kappa shape index (κ2) is 12.2. The van der Waals surface area contributed by atoms with E-state index in [1.807, 2.05) is 0 Å². The van der Waals surface area contributed by atoms with Gasteiger partial charge in [-0.15, -0.1) is 0 Å². The first-order valence-corrected chi connectivity index (χ1v) is 15.4. The Balaban J connectivity index is 1.14. The lowest BCUT2D eigenvalue weighted by Crippen LogP contribution is -2.48. The van der Waals surface area contributed by atoms with Crippen LogP contribution in [0.1, 0.15) is 11.1 Å². The third kappa shape index (κ3) is 6.24. The molecule has 2 N–H and O–H groups in total. The molecule has 0 aliphatic carbocycles. The van der Waals surface area contributed by atoms with Crippen LogP contribution < -0.4 is 20.1 Å². The van der Waals surface area contributed by atoms with Crippen molar-refractivity contribution in [3.63, 3.8) is 0 Å². The van der Waals surface area contributed by atoms with E-state index in [1.165, 1.54) is 36.4 Å². The highest BCUT2D eigenvalue weighted by Gasteiger charge is 2.42. The van der Waals surface area contributed by atoms with Gasteiger partial charge in [-0.1, -0.05) is 47.6 Å². The molecule has 236 valence electrons. The zero-order chi connectivity index (χ0) is 32.5. The van der Waals surface area contributed by atoms with E-state index in [0.29, 0.717) is 28.1 Å². The number of H-pyrrole nitrogens is 1. The molecule has 0 spiro atoms. The maximum absolute atomic E-state index is 13.9. The monoisotopic (exact) mass is 650 g/mol. The molecule has 0 radical (unpaired) electrons. The Kier molecular flexibility index (Phi) is 8.13. The van der Waals surface area contributed by atoms with Crippen LogP contribution in [0.3, 0.4) is 0 Å². The molecule has 0 saturated heterocycles. The molecule has 1 aliphatic rings. The highest BCUT2D eigenvalue weighted by Crippen LogP contribution is 2.38. The number of nitrogens with one attached hydrogen (secondary N) is 2. The van der Waals surface area contributed by atoms with Crippen LogP contribution in [0.4, 0.5) is 18.9 Å². The lowest BCUT2D eigenvalue weighted by molar-refractivity contribution is -0.137. The second-order valence-corrected chi connectivity index (χ2v) is 12.2. The summed E-state index contributed by atoms with van der Waals surface area (Å²) in [6.45, 7) is 0.179. The summed E-state index contributed by atoms with van der Waals surface area (Å²) in [6.07, 6.45) is -4.37. The highest BCUT2D eigenvalue weighted by molar-refractivity contribution is 7.93. The van der Waals surface area contributed by atoms with Crippen molar-refractivity contribution in [3.8, 4) is 28.3 Å². The average Bonchev–Trinajstić information content (AvgIpc) is 3.67. The van der Waals surface area contributed by atoms with E-state index in [-0.39, 0.29) is 35.9 Å². The van der Waals surface area contributed by atoms with Crippen LogP contribution in [0.15, 0.2) is 111 Å². The third-order valence-electron chi connectivity index (χ3n) is 7.40. The maximum atomic E-state index is 13.9. The van der Waals surface area contributed by atoms with Crippen LogP contribution in [0.5, 0.6) is 5.75 Å². The Hall–Kier alpha value is -5.37. The molecule has 6 rings (SSSR count). The summed E-state index contributed by atoms with van der Waals surface area (Å²) in [5.74, 6) is -0.425. The summed E-state index contributed by atoms with van der Waals surface area (Å²) in [5.41, 5.74) is 1.54. The van der Waals surface area contributed by atoms with Crippen LogP contribution in [0.25, 0.3) is 22.5 Å². The van der Waals surface area contributed by atoms with E-state index in [4.69, 9.17) is 4.74 Å². The van der Waals surface area contributed by atoms with Crippen molar-refractivity contribution in [3.05, 3.63) is 119 Å². The summed E-state index contributed by atoms with van der Waals surface area (Å²) in [4.78, 5) is 26.8. The summed E-state index contributed by atoms with van der Waals surface area (Å²) in [6, 6.07) is 22.7. The Morgan fingerprint density at radius 1 is 0.957 bits per heavy atom. The number of ether oxygens (including phenoxy) is 1. The molecule has 0 saturated carbocycles. The van der Waals surface area contributed by atoms with Gasteiger partial charge in [0, 0.05) is 12.0 Å². The van der Waals surface area contributed by atoms with Gasteiger partial charge in [0.1, 0.15) is 18.4 Å². The molecule has 2 heterocycles. The summed E-state index contributed by atoms with van der Waals surface area (Å²) < 4.78 is 78.8. The number of anilines is 1. The second-order valence-electron chi connectivity index (χ2n) is 10.4. The van der Waals surface area contributed by atoms with E-state index < -0.39 is 39.5 Å². The van der Waals surface area contributed by atoms with Crippen molar-refractivity contribution in [2.24, 2.45) is 0 Å². The van der Waals surface area contributed by atoms with Gasteiger partial charge in [0.05, 0.1) is 22.7 Å². The maximum Gasteiger partial charge on any atom is 0.439 e. The molecule has 1 amide bonds. The van der Waals surface area contributed by atoms with E-state index >= 15 is 0 Å². The number of hydrogen-bond donors (Lipinski definition) is 2. The molecular formula is C32H25F3N4O6S. The number of alkyl halides is 3. The fourth-order valence-corrected chi connectivity index (χ4v) is 6.84. The molecule has 10 nitrogen and oxygen atoms in total. The number of carbonyl (C=O) groups excluding carboxylic acids is 1. The van der Waals surface area contributed by atoms with Crippen molar-refractivity contribution >= 4 is 21.6 Å². The number of aromatic amines is 1. The van der Waals surface area contributed by atoms with Gasteiger partial charge in [-0.3, -0.25) is 18.6 Å². The van der Waals surface area contributed by atoms with Crippen molar-refractivity contribution in [2.45, 2.75) is 23.5 Å². The number of para-hydroxylation sites is 1. The van der Waals surface area contributed by atoms with Crippen molar-refractivity contribution in [1.82, 2.24) is 15.5 Å². The lowest BCUT2D eigenvalue weighted by atomic mass is 10.0. The predicted molar refractivity (Wildman–Crippen MR) is 162 cm³/mol. The van der Waals surface area contributed by atoms with Gasteiger partial charge in [0.25, 0.3) is 10.0 Å². The van der Waals surface area contributed by atoms with Crippen LogP contribution >= 0.6 is 0 Å².